The second-order valence-corrected chi connectivity index (χ2v) is 5.82. The minimum Gasteiger partial charge on any atom is -0.332 e. The van der Waals surface area contributed by atoms with Crippen molar-refractivity contribution in [3.05, 3.63) is 64.1 Å². The quantitative estimate of drug-likeness (QED) is 0.596. The average molecular weight is 356 g/mol. The van der Waals surface area contributed by atoms with Gasteiger partial charge in [-0.1, -0.05) is 46.3 Å². The van der Waals surface area contributed by atoms with Gasteiger partial charge in [-0.25, -0.2) is 0 Å². The van der Waals surface area contributed by atoms with E-state index in [0.717, 1.165) is 27.0 Å². The van der Waals surface area contributed by atoms with Gasteiger partial charge in [-0.3, -0.25) is 0 Å². The minimum atomic E-state index is 0.494. The molecule has 0 saturated heterocycles. The third-order valence-electron chi connectivity index (χ3n) is 3.18. The fourth-order valence-corrected chi connectivity index (χ4v) is 2.70. The summed E-state index contributed by atoms with van der Waals surface area (Å²) in [6, 6.07) is 17.7. The van der Waals surface area contributed by atoms with Gasteiger partial charge in [0.2, 0.25) is 0 Å². The Bertz CT molecular complexity index is 788. The van der Waals surface area contributed by atoms with Crippen LogP contribution in [0, 0.1) is 11.3 Å². The molecule has 0 bridgehead atoms. The lowest BCUT2D eigenvalue weighted by Gasteiger charge is -2.24. The highest BCUT2D eigenvalue weighted by atomic mass is 79.9. The van der Waals surface area contributed by atoms with Gasteiger partial charge in [-0.15, -0.1) is 0 Å². The summed E-state index contributed by atoms with van der Waals surface area (Å²) in [7, 11) is 0. The molecule has 102 valence electrons. The first-order valence-corrected chi connectivity index (χ1v) is 7.47. The first-order valence-electron chi connectivity index (χ1n) is 6.27. The molecule has 0 fully saturated rings. The Kier molecular flexibility index (Phi) is 3.74. The van der Waals surface area contributed by atoms with E-state index in [-0.39, 0.29) is 0 Å². The van der Waals surface area contributed by atoms with E-state index >= 15 is 0 Å². The van der Waals surface area contributed by atoms with Gasteiger partial charge in [0.25, 0.3) is 0 Å². The molecule has 1 aliphatic rings. The van der Waals surface area contributed by atoms with Gasteiger partial charge in [0.15, 0.2) is 5.11 Å². The van der Waals surface area contributed by atoms with Crippen molar-refractivity contribution in [2.45, 2.75) is 0 Å². The summed E-state index contributed by atoms with van der Waals surface area (Å²) in [5.41, 5.74) is 3.99. The highest BCUT2D eigenvalue weighted by molar-refractivity contribution is 9.10. The zero-order valence-electron chi connectivity index (χ0n) is 10.9. The number of benzene rings is 2. The van der Waals surface area contributed by atoms with Crippen LogP contribution in [0.25, 0.3) is 11.3 Å². The van der Waals surface area contributed by atoms with Crippen LogP contribution in [0.1, 0.15) is 11.1 Å². The number of thiocarbonyl (C=S) groups is 1. The Labute approximate surface area is 136 Å². The lowest BCUT2D eigenvalue weighted by atomic mass is 9.98. The fourth-order valence-electron chi connectivity index (χ4n) is 2.22. The highest BCUT2D eigenvalue weighted by Gasteiger charge is 2.20. The van der Waals surface area contributed by atoms with E-state index < -0.39 is 0 Å². The third-order valence-corrected chi connectivity index (χ3v) is 3.91. The summed E-state index contributed by atoms with van der Waals surface area (Å²) in [4.78, 5) is 0. The van der Waals surface area contributed by atoms with Crippen LogP contribution in [0.4, 0.5) is 5.69 Å². The Balaban J connectivity index is 2.22. The lowest BCUT2D eigenvalue weighted by Crippen LogP contribution is -2.32. The molecule has 0 atom stereocenters. The molecule has 2 aromatic rings. The summed E-state index contributed by atoms with van der Waals surface area (Å²) in [5, 5.41) is 16.3. The number of para-hydroxylation sites is 1. The first-order chi connectivity index (χ1) is 10.2. The average Bonchev–Trinajstić information content (AvgIpc) is 2.49. The predicted octanol–water partition coefficient (Wildman–Crippen LogP) is 4.14. The van der Waals surface area contributed by atoms with E-state index in [0.29, 0.717) is 10.7 Å². The van der Waals surface area contributed by atoms with Crippen molar-refractivity contribution in [1.82, 2.24) is 5.32 Å². The van der Waals surface area contributed by atoms with Crippen molar-refractivity contribution >= 4 is 50.2 Å². The SMILES string of the molecule is N#C/C(=C1/NC(=S)Nc2ccccc21)c1ccc(Br)cc1. The number of hydrogen-bond acceptors (Lipinski definition) is 2. The van der Waals surface area contributed by atoms with Crippen LogP contribution in [0.2, 0.25) is 0 Å². The van der Waals surface area contributed by atoms with E-state index in [1.54, 1.807) is 0 Å². The molecule has 3 nitrogen and oxygen atoms in total. The normalized spacial score (nSPS) is 15.3. The zero-order valence-corrected chi connectivity index (χ0v) is 13.3. The lowest BCUT2D eigenvalue weighted by molar-refractivity contribution is 1.27. The molecule has 5 heteroatoms. The predicted molar refractivity (Wildman–Crippen MR) is 92.4 cm³/mol. The van der Waals surface area contributed by atoms with Crippen LogP contribution in [-0.4, -0.2) is 5.11 Å². The van der Waals surface area contributed by atoms with E-state index in [1.807, 2.05) is 48.5 Å². The number of nitrogens with zero attached hydrogens (tertiary/aromatic N) is 1. The Morgan fingerprint density at radius 3 is 2.48 bits per heavy atom. The van der Waals surface area contributed by atoms with Crippen molar-refractivity contribution in [3.63, 3.8) is 0 Å². The number of nitrogens with one attached hydrogen (secondary N) is 2. The van der Waals surface area contributed by atoms with Crippen molar-refractivity contribution in [1.29, 1.82) is 5.26 Å². The molecular formula is C16H10BrN3S. The molecule has 2 aromatic carbocycles. The number of nitriles is 1. The van der Waals surface area contributed by atoms with Crippen molar-refractivity contribution in [2.24, 2.45) is 0 Å². The molecule has 0 saturated carbocycles. The summed E-state index contributed by atoms with van der Waals surface area (Å²) >= 11 is 8.63. The number of halogens is 1. The van der Waals surface area contributed by atoms with Crippen LogP contribution in [0.15, 0.2) is 53.0 Å². The second-order valence-electron chi connectivity index (χ2n) is 4.49. The topological polar surface area (TPSA) is 47.9 Å². The van der Waals surface area contributed by atoms with Crippen LogP contribution in [0.3, 0.4) is 0 Å². The van der Waals surface area contributed by atoms with Crippen LogP contribution in [0.5, 0.6) is 0 Å². The summed E-state index contributed by atoms with van der Waals surface area (Å²) in [6.45, 7) is 0. The van der Waals surface area contributed by atoms with Gasteiger partial charge in [-0.05, 0) is 36.0 Å². The summed E-state index contributed by atoms with van der Waals surface area (Å²) < 4.78 is 0.975. The molecule has 2 N–H and O–H groups in total. The number of anilines is 1. The fraction of sp³-hybridized carbons (Fsp3) is 0. The molecule has 0 unspecified atom stereocenters. The van der Waals surface area contributed by atoms with E-state index in [2.05, 4.69) is 32.6 Å². The Morgan fingerprint density at radius 2 is 1.76 bits per heavy atom. The molecule has 0 aromatic heterocycles. The van der Waals surface area contributed by atoms with Gasteiger partial charge in [0, 0.05) is 15.7 Å². The van der Waals surface area contributed by atoms with E-state index in [9.17, 15) is 5.26 Å². The molecule has 0 amide bonds. The van der Waals surface area contributed by atoms with Gasteiger partial charge in [0.05, 0.1) is 11.3 Å². The molecule has 0 aliphatic carbocycles. The second kappa shape index (κ2) is 5.68. The molecule has 0 spiro atoms. The smallest absolute Gasteiger partial charge is 0.175 e. The Hall–Kier alpha value is -2.16. The maximum absolute atomic E-state index is 9.59. The molecular weight excluding hydrogens is 346 g/mol. The molecule has 1 heterocycles. The van der Waals surface area contributed by atoms with Gasteiger partial charge in [0.1, 0.15) is 6.07 Å². The molecule has 21 heavy (non-hydrogen) atoms. The maximum atomic E-state index is 9.59. The molecule has 3 rings (SSSR count). The van der Waals surface area contributed by atoms with Gasteiger partial charge < -0.3 is 10.6 Å². The largest absolute Gasteiger partial charge is 0.332 e. The van der Waals surface area contributed by atoms with Gasteiger partial charge in [-0.2, -0.15) is 5.26 Å². The molecule has 0 radical (unpaired) electrons. The Morgan fingerprint density at radius 1 is 1.05 bits per heavy atom. The van der Waals surface area contributed by atoms with E-state index in [4.69, 9.17) is 12.2 Å². The van der Waals surface area contributed by atoms with Crippen LogP contribution >= 0.6 is 28.1 Å². The highest BCUT2D eigenvalue weighted by Crippen LogP contribution is 2.32. The van der Waals surface area contributed by atoms with Crippen LogP contribution in [-0.2, 0) is 0 Å². The minimum absolute atomic E-state index is 0.494. The third kappa shape index (κ3) is 2.68. The van der Waals surface area contributed by atoms with E-state index in [1.165, 1.54) is 0 Å². The van der Waals surface area contributed by atoms with Crippen molar-refractivity contribution in [3.8, 4) is 6.07 Å². The molecule has 1 aliphatic heterocycles. The summed E-state index contributed by atoms with van der Waals surface area (Å²) in [6.07, 6.45) is 0. The summed E-state index contributed by atoms with van der Waals surface area (Å²) in [5.74, 6) is 0. The number of rotatable bonds is 1. The standard InChI is InChI=1S/C16H10BrN3S/c17-11-7-5-10(6-8-11)13(9-18)15-12-3-1-2-4-14(12)19-16(21)20-15/h1-8H,(H2,19,20,21)/b15-13-. The van der Waals surface area contributed by atoms with Crippen LogP contribution < -0.4 is 10.6 Å². The number of fused-ring (bicyclic) bond motifs is 1. The number of hydrogen-bond donors (Lipinski definition) is 2. The zero-order chi connectivity index (χ0) is 14.8. The monoisotopic (exact) mass is 355 g/mol. The number of allylic oxidation sites excluding steroid dienone is 1. The van der Waals surface area contributed by atoms with Crippen molar-refractivity contribution < 1.29 is 0 Å². The van der Waals surface area contributed by atoms with Gasteiger partial charge >= 0.3 is 0 Å². The van der Waals surface area contributed by atoms with Crippen molar-refractivity contribution in [2.75, 3.05) is 5.32 Å². The maximum Gasteiger partial charge on any atom is 0.175 e. The first kappa shape index (κ1) is 13.8.